The Morgan fingerprint density at radius 3 is 2.52 bits per heavy atom. The smallest absolute Gasteiger partial charge is 0.253 e. The Morgan fingerprint density at radius 1 is 1.24 bits per heavy atom. The minimum Gasteiger partial charge on any atom is -0.504 e. The minimum absolute atomic E-state index is 0.0431. The van der Waals surface area contributed by atoms with Crippen LogP contribution in [0.15, 0.2) is 42.5 Å². The van der Waals surface area contributed by atoms with Gasteiger partial charge in [0.1, 0.15) is 0 Å². The normalized spacial score (nSPS) is 10.2. The Hall–Kier alpha value is -1.76. The molecule has 0 fully saturated rings. The molecular formula is C16H16INO3. The van der Waals surface area contributed by atoms with Gasteiger partial charge in [0.25, 0.3) is 5.91 Å². The van der Waals surface area contributed by atoms with Crippen LogP contribution in [0.4, 0.5) is 0 Å². The third-order valence-corrected chi connectivity index (χ3v) is 3.82. The number of hydrogen-bond donors (Lipinski definition) is 1. The highest BCUT2D eigenvalue weighted by atomic mass is 127. The van der Waals surface area contributed by atoms with Crippen molar-refractivity contribution in [1.29, 1.82) is 0 Å². The predicted octanol–water partition coefficient (Wildman–Crippen LogP) is 3.28. The number of amides is 1. The predicted molar refractivity (Wildman–Crippen MR) is 89.6 cm³/mol. The molecule has 0 aliphatic carbocycles. The summed E-state index contributed by atoms with van der Waals surface area (Å²) in [5.41, 5.74) is 1.55. The van der Waals surface area contributed by atoms with Gasteiger partial charge < -0.3 is 14.7 Å². The van der Waals surface area contributed by atoms with Crippen molar-refractivity contribution >= 4 is 28.5 Å². The first-order chi connectivity index (χ1) is 10.0. The Bertz CT molecular complexity index is 640. The molecule has 0 unspecified atom stereocenters. The SMILES string of the molecule is COc1cc(CN(C)C(=O)c2ccc(I)cc2)ccc1O. The first-order valence-electron chi connectivity index (χ1n) is 6.38. The number of phenols is 1. The number of aromatic hydroxyl groups is 1. The number of methoxy groups -OCH3 is 1. The lowest BCUT2D eigenvalue weighted by Gasteiger charge is -2.18. The van der Waals surface area contributed by atoms with Crippen LogP contribution in [0.3, 0.4) is 0 Å². The number of phenolic OH excluding ortho intramolecular Hbond substituents is 1. The molecule has 0 aliphatic heterocycles. The number of halogens is 1. The Labute approximate surface area is 137 Å². The van der Waals surface area contributed by atoms with Gasteiger partial charge in [0.2, 0.25) is 0 Å². The van der Waals surface area contributed by atoms with Crippen LogP contribution in [0.5, 0.6) is 11.5 Å². The second-order valence-electron chi connectivity index (χ2n) is 4.67. The van der Waals surface area contributed by atoms with Crippen LogP contribution < -0.4 is 4.74 Å². The molecule has 2 aromatic carbocycles. The van der Waals surface area contributed by atoms with Crippen molar-refractivity contribution < 1.29 is 14.6 Å². The van der Waals surface area contributed by atoms with E-state index in [4.69, 9.17) is 4.74 Å². The maximum absolute atomic E-state index is 12.3. The molecule has 2 rings (SSSR count). The highest BCUT2D eigenvalue weighted by Crippen LogP contribution is 2.26. The van der Waals surface area contributed by atoms with Crippen LogP contribution in [0.1, 0.15) is 15.9 Å². The van der Waals surface area contributed by atoms with E-state index in [1.807, 2.05) is 24.3 Å². The van der Waals surface area contributed by atoms with Crippen molar-refractivity contribution in [3.05, 3.63) is 57.2 Å². The fraction of sp³-hybridized carbons (Fsp3) is 0.188. The summed E-state index contributed by atoms with van der Waals surface area (Å²) in [5, 5.41) is 9.58. The lowest BCUT2D eigenvalue weighted by atomic mass is 10.1. The monoisotopic (exact) mass is 397 g/mol. The summed E-state index contributed by atoms with van der Waals surface area (Å²) in [5.74, 6) is 0.453. The number of benzene rings is 2. The molecule has 0 saturated heterocycles. The van der Waals surface area contributed by atoms with Crippen molar-refractivity contribution in [2.75, 3.05) is 14.2 Å². The highest BCUT2D eigenvalue weighted by molar-refractivity contribution is 14.1. The van der Waals surface area contributed by atoms with Crippen molar-refractivity contribution in [1.82, 2.24) is 4.90 Å². The first kappa shape index (κ1) is 15.6. The first-order valence-corrected chi connectivity index (χ1v) is 7.46. The van der Waals surface area contributed by atoms with E-state index in [-0.39, 0.29) is 11.7 Å². The van der Waals surface area contributed by atoms with Gasteiger partial charge in [-0.2, -0.15) is 0 Å². The van der Waals surface area contributed by atoms with Crippen LogP contribution in [0, 0.1) is 3.57 Å². The Balaban J connectivity index is 2.12. The summed E-state index contributed by atoms with van der Waals surface area (Å²) in [6.45, 7) is 0.446. The average Bonchev–Trinajstić information content (AvgIpc) is 2.49. The zero-order valence-electron chi connectivity index (χ0n) is 11.8. The number of hydrogen-bond acceptors (Lipinski definition) is 3. The molecule has 110 valence electrons. The fourth-order valence-corrected chi connectivity index (χ4v) is 2.34. The highest BCUT2D eigenvalue weighted by Gasteiger charge is 2.13. The van der Waals surface area contributed by atoms with E-state index >= 15 is 0 Å². The van der Waals surface area contributed by atoms with Gasteiger partial charge in [-0.3, -0.25) is 4.79 Å². The van der Waals surface area contributed by atoms with Crippen LogP contribution in [0.2, 0.25) is 0 Å². The minimum atomic E-state index is -0.0431. The molecule has 5 heteroatoms. The van der Waals surface area contributed by atoms with Gasteiger partial charge in [-0.25, -0.2) is 0 Å². The summed E-state index contributed by atoms with van der Waals surface area (Å²) in [6, 6.07) is 12.5. The second-order valence-corrected chi connectivity index (χ2v) is 5.92. The van der Waals surface area contributed by atoms with Crippen LogP contribution in [-0.4, -0.2) is 30.1 Å². The van der Waals surface area contributed by atoms with Gasteiger partial charge in [-0.15, -0.1) is 0 Å². The molecular weight excluding hydrogens is 381 g/mol. The summed E-state index contributed by atoms with van der Waals surface area (Å²) in [6.07, 6.45) is 0. The molecule has 2 aromatic rings. The third-order valence-electron chi connectivity index (χ3n) is 3.10. The van der Waals surface area contributed by atoms with E-state index in [1.54, 1.807) is 30.1 Å². The van der Waals surface area contributed by atoms with Gasteiger partial charge in [-0.1, -0.05) is 6.07 Å². The molecule has 0 bridgehead atoms. The average molecular weight is 397 g/mol. The summed E-state index contributed by atoms with van der Waals surface area (Å²) in [7, 11) is 3.25. The maximum atomic E-state index is 12.3. The Kier molecular flexibility index (Phi) is 5.06. The van der Waals surface area contributed by atoms with E-state index < -0.39 is 0 Å². The number of rotatable bonds is 4. The number of nitrogens with zero attached hydrogens (tertiary/aromatic N) is 1. The van der Waals surface area contributed by atoms with Crippen molar-refractivity contribution in [3.8, 4) is 11.5 Å². The molecule has 0 spiro atoms. The molecule has 0 saturated carbocycles. The van der Waals surface area contributed by atoms with Gasteiger partial charge in [0, 0.05) is 22.7 Å². The Morgan fingerprint density at radius 2 is 1.90 bits per heavy atom. The zero-order chi connectivity index (χ0) is 15.4. The quantitative estimate of drug-likeness (QED) is 0.806. The van der Waals surface area contributed by atoms with Gasteiger partial charge in [0.15, 0.2) is 11.5 Å². The lowest BCUT2D eigenvalue weighted by Crippen LogP contribution is -2.26. The van der Waals surface area contributed by atoms with Gasteiger partial charge >= 0.3 is 0 Å². The van der Waals surface area contributed by atoms with E-state index in [1.165, 1.54) is 7.11 Å². The van der Waals surface area contributed by atoms with E-state index in [0.29, 0.717) is 17.9 Å². The number of carbonyl (C=O) groups excluding carboxylic acids is 1. The molecule has 1 amide bonds. The largest absolute Gasteiger partial charge is 0.504 e. The molecule has 0 radical (unpaired) electrons. The van der Waals surface area contributed by atoms with Crippen LogP contribution >= 0.6 is 22.6 Å². The van der Waals surface area contributed by atoms with Crippen LogP contribution in [-0.2, 0) is 6.54 Å². The fourth-order valence-electron chi connectivity index (χ4n) is 1.98. The molecule has 1 N–H and O–H groups in total. The van der Waals surface area contributed by atoms with Crippen molar-refractivity contribution in [2.24, 2.45) is 0 Å². The summed E-state index contributed by atoms with van der Waals surface area (Å²) in [4.78, 5) is 14.0. The zero-order valence-corrected chi connectivity index (χ0v) is 14.0. The molecule has 4 nitrogen and oxygen atoms in total. The number of carbonyl (C=O) groups is 1. The van der Waals surface area contributed by atoms with Gasteiger partial charge in [-0.05, 0) is 64.6 Å². The summed E-state index contributed by atoms with van der Waals surface area (Å²) < 4.78 is 6.16. The topological polar surface area (TPSA) is 49.8 Å². The van der Waals surface area contributed by atoms with Crippen molar-refractivity contribution in [3.63, 3.8) is 0 Å². The maximum Gasteiger partial charge on any atom is 0.253 e. The molecule has 0 heterocycles. The van der Waals surface area contributed by atoms with Crippen LogP contribution in [0.25, 0.3) is 0 Å². The second kappa shape index (κ2) is 6.80. The summed E-state index contributed by atoms with van der Waals surface area (Å²) >= 11 is 2.20. The lowest BCUT2D eigenvalue weighted by molar-refractivity contribution is 0.0785. The molecule has 21 heavy (non-hydrogen) atoms. The third kappa shape index (κ3) is 3.87. The molecule has 0 aliphatic rings. The van der Waals surface area contributed by atoms with E-state index in [9.17, 15) is 9.90 Å². The molecule has 0 aromatic heterocycles. The van der Waals surface area contributed by atoms with Gasteiger partial charge in [0.05, 0.1) is 7.11 Å². The van der Waals surface area contributed by atoms with E-state index in [0.717, 1.165) is 9.13 Å². The molecule has 0 atom stereocenters. The van der Waals surface area contributed by atoms with E-state index in [2.05, 4.69) is 22.6 Å². The number of ether oxygens (including phenoxy) is 1. The standard InChI is InChI=1S/C16H16INO3/c1-18(16(20)12-4-6-13(17)7-5-12)10-11-3-8-14(19)15(9-11)21-2/h3-9,19H,10H2,1-2H3. The van der Waals surface area contributed by atoms with Crippen molar-refractivity contribution in [2.45, 2.75) is 6.54 Å².